The van der Waals surface area contributed by atoms with E-state index >= 15 is 0 Å². The van der Waals surface area contributed by atoms with Crippen LogP contribution in [0.3, 0.4) is 0 Å². The lowest BCUT2D eigenvalue weighted by Crippen LogP contribution is -2.05. The van der Waals surface area contributed by atoms with Crippen molar-refractivity contribution in [3.8, 4) is 5.88 Å². The summed E-state index contributed by atoms with van der Waals surface area (Å²) in [5.41, 5.74) is 1.88. The van der Waals surface area contributed by atoms with Gasteiger partial charge in [0.25, 0.3) is 0 Å². The molecule has 0 aliphatic rings. The smallest absolute Gasteiger partial charge is 0.315 e. The molecule has 0 aliphatic carbocycles. The number of methoxy groups -OCH3 is 1. The Morgan fingerprint density at radius 2 is 2.10 bits per heavy atom. The Morgan fingerprint density at radius 3 is 2.76 bits per heavy atom. The quantitative estimate of drug-likeness (QED) is 0.627. The van der Waals surface area contributed by atoms with Crippen molar-refractivity contribution in [2.24, 2.45) is 0 Å². The highest BCUT2D eigenvalue weighted by Crippen LogP contribution is 2.32. The van der Waals surface area contributed by atoms with Crippen LogP contribution < -0.4 is 15.4 Å². The fraction of sp³-hybridized carbons (Fsp3) is 0.214. The van der Waals surface area contributed by atoms with Gasteiger partial charge < -0.3 is 15.4 Å². The van der Waals surface area contributed by atoms with Crippen LogP contribution in [0.4, 0.5) is 17.1 Å². The fourth-order valence-corrected chi connectivity index (χ4v) is 1.95. The molecule has 110 valence electrons. The summed E-state index contributed by atoms with van der Waals surface area (Å²) in [6.45, 7) is 0.437. The largest absolute Gasteiger partial charge is 0.481 e. The highest BCUT2D eigenvalue weighted by Gasteiger charge is 2.18. The summed E-state index contributed by atoms with van der Waals surface area (Å²) < 4.78 is 5.05. The second kappa shape index (κ2) is 6.56. The van der Waals surface area contributed by atoms with Crippen molar-refractivity contribution in [3.05, 3.63) is 52.2 Å². The van der Waals surface area contributed by atoms with Crippen LogP contribution in [0.25, 0.3) is 0 Å². The molecule has 2 rings (SSSR count). The number of nitro groups is 1. The van der Waals surface area contributed by atoms with Crippen LogP contribution in [0.2, 0.25) is 0 Å². The van der Waals surface area contributed by atoms with Gasteiger partial charge in [0, 0.05) is 25.9 Å². The number of hydrogen-bond acceptors (Lipinski definition) is 6. The summed E-state index contributed by atoms with van der Waals surface area (Å²) in [5, 5.41) is 17.1. The molecule has 0 unspecified atom stereocenters. The summed E-state index contributed by atoms with van der Waals surface area (Å²) in [6, 6.07) is 8.70. The van der Waals surface area contributed by atoms with E-state index in [1.165, 1.54) is 0 Å². The van der Waals surface area contributed by atoms with Crippen molar-refractivity contribution >= 4 is 17.1 Å². The van der Waals surface area contributed by atoms with Gasteiger partial charge in [-0.05, 0) is 23.8 Å². The first-order chi connectivity index (χ1) is 10.2. The van der Waals surface area contributed by atoms with Gasteiger partial charge in [-0.2, -0.15) is 0 Å². The third-order valence-electron chi connectivity index (χ3n) is 2.98. The van der Waals surface area contributed by atoms with Gasteiger partial charge in [-0.3, -0.25) is 10.1 Å². The number of aromatic nitrogens is 1. The molecule has 1 heterocycles. The van der Waals surface area contributed by atoms with Gasteiger partial charge in [0.15, 0.2) is 0 Å². The SMILES string of the molecule is CNc1cccc(NCc2ccnc(OC)c2)c1[N+](=O)[O-]. The van der Waals surface area contributed by atoms with Crippen molar-refractivity contribution in [2.75, 3.05) is 24.8 Å². The number of nitro benzene ring substituents is 1. The molecule has 2 N–H and O–H groups in total. The van der Waals surface area contributed by atoms with Gasteiger partial charge in [-0.25, -0.2) is 4.98 Å². The third kappa shape index (κ3) is 3.38. The van der Waals surface area contributed by atoms with Gasteiger partial charge in [0.05, 0.1) is 12.0 Å². The first kappa shape index (κ1) is 14.6. The van der Waals surface area contributed by atoms with E-state index in [-0.39, 0.29) is 5.69 Å². The summed E-state index contributed by atoms with van der Waals surface area (Å²) in [4.78, 5) is 14.8. The molecule has 2 aromatic rings. The predicted molar refractivity (Wildman–Crippen MR) is 80.8 cm³/mol. The molecule has 1 aromatic carbocycles. The number of anilines is 2. The van der Waals surface area contributed by atoms with Crippen LogP contribution in [0.5, 0.6) is 5.88 Å². The number of pyridine rings is 1. The molecule has 7 nitrogen and oxygen atoms in total. The van der Waals surface area contributed by atoms with Crippen molar-refractivity contribution in [1.82, 2.24) is 4.98 Å². The van der Waals surface area contributed by atoms with Crippen molar-refractivity contribution in [2.45, 2.75) is 6.54 Å². The number of rotatable bonds is 6. The van der Waals surface area contributed by atoms with Crippen LogP contribution in [-0.2, 0) is 6.54 Å². The van der Waals surface area contributed by atoms with Gasteiger partial charge in [-0.1, -0.05) is 6.07 Å². The molecule has 1 aromatic heterocycles. The predicted octanol–water partition coefficient (Wildman–Crippen LogP) is 2.65. The Balaban J connectivity index is 2.21. The molecule has 21 heavy (non-hydrogen) atoms. The average molecular weight is 288 g/mol. The van der Waals surface area contributed by atoms with E-state index in [1.807, 2.05) is 6.07 Å². The average Bonchev–Trinajstić information content (AvgIpc) is 2.52. The Hall–Kier alpha value is -2.83. The normalized spacial score (nSPS) is 10.0. The molecule has 0 spiro atoms. The molecule has 0 saturated carbocycles. The van der Waals surface area contributed by atoms with E-state index in [0.717, 1.165) is 5.56 Å². The van der Waals surface area contributed by atoms with Crippen molar-refractivity contribution in [1.29, 1.82) is 0 Å². The molecule has 0 aliphatic heterocycles. The molecular weight excluding hydrogens is 272 g/mol. The molecule has 0 saturated heterocycles. The van der Waals surface area contributed by atoms with E-state index < -0.39 is 4.92 Å². The topological polar surface area (TPSA) is 89.3 Å². The zero-order chi connectivity index (χ0) is 15.2. The van der Waals surface area contributed by atoms with Crippen LogP contribution in [-0.4, -0.2) is 24.1 Å². The zero-order valence-corrected chi connectivity index (χ0v) is 11.8. The highest BCUT2D eigenvalue weighted by atomic mass is 16.6. The van der Waals surface area contributed by atoms with E-state index in [4.69, 9.17) is 4.74 Å². The van der Waals surface area contributed by atoms with Gasteiger partial charge in [0.2, 0.25) is 5.88 Å². The molecule has 0 radical (unpaired) electrons. The molecule has 0 atom stereocenters. The van der Waals surface area contributed by atoms with Gasteiger partial charge >= 0.3 is 5.69 Å². The summed E-state index contributed by atoms with van der Waals surface area (Å²) in [5.74, 6) is 0.507. The number of nitrogens with zero attached hydrogens (tertiary/aromatic N) is 2. The number of ether oxygens (including phenoxy) is 1. The van der Waals surface area contributed by atoms with Crippen molar-refractivity contribution in [3.63, 3.8) is 0 Å². The standard InChI is InChI=1S/C14H16N4O3/c1-15-11-4-3-5-12(14(11)18(19)20)17-9-10-6-7-16-13(8-10)21-2/h3-8,15,17H,9H2,1-2H3. The summed E-state index contributed by atoms with van der Waals surface area (Å²) in [6.07, 6.45) is 1.63. The number of benzene rings is 1. The number of nitrogens with one attached hydrogen (secondary N) is 2. The molecule has 0 fully saturated rings. The minimum atomic E-state index is -0.401. The van der Waals surface area contributed by atoms with Crippen LogP contribution in [0.1, 0.15) is 5.56 Å². The molecule has 0 bridgehead atoms. The van der Waals surface area contributed by atoms with Crippen LogP contribution in [0, 0.1) is 10.1 Å². The lowest BCUT2D eigenvalue weighted by Gasteiger charge is -2.10. The zero-order valence-electron chi connectivity index (χ0n) is 11.8. The Labute approximate surface area is 122 Å². The van der Waals surface area contributed by atoms with Gasteiger partial charge in [-0.15, -0.1) is 0 Å². The summed E-state index contributed by atoms with van der Waals surface area (Å²) >= 11 is 0. The van der Waals surface area contributed by atoms with Crippen LogP contribution in [0.15, 0.2) is 36.5 Å². The molecule has 7 heteroatoms. The lowest BCUT2D eigenvalue weighted by atomic mass is 10.2. The maximum atomic E-state index is 11.2. The van der Waals surface area contributed by atoms with E-state index in [2.05, 4.69) is 15.6 Å². The van der Waals surface area contributed by atoms with Crippen LogP contribution >= 0.6 is 0 Å². The maximum Gasteiger partial charge on any atom is 0.315 e. The second-order valence-electron chi connectivity index (χ2n) is 4.27. The first-order valence-corrected chi connectivity index (χ1v) is 6.33. The minimum absolute atomic E-state index is 0.0287. The van der Waals surface area contributed by atoms with E-state index in [0.29, 0.717) is 23.8 Å². The Kier molecular flexibility index (Phi) is 4.55. The van der Waals surface area contributed by atoms with Crippen molar-refractivity contribution < 1.29 is 9.66 Å². The second-order valence-corrected chi connectivity index (χ2v) is 4.27. The monoisotopic (exact) mass is 288 g/mol. The third-order valence-corrected chi connectivity index (χ3v) is 2.98. The summed E-state index contributed by atoms with van der Waals surface area (Å²) in [7, 11) is 3.20. The van der Waals surface area contributed by atoms with E-state index in [1.54, 1.807) is 44.6 Å². The Bertz CT molecular complexity index is 646. The van der Waals surface area contributed by atoms with Gasteiger partial charge in [0.1, 0.15) is 11.4 Å². The number of hydrogen-bond donors (Lipinski definition) is 2. The lowest BCUT2D eigenvalue weighted by molar-refractivity contribution is -0.383. The van der Waals surface area contributed by atoms with E-state index in [9.17, 15) is 10.1 Å². The maximum absolute atomic E-state index is 11.2. The fourth-order valence-electron chi connectivity index (χ4n) is 1.95. The molecular formula is C14H16N4O3. The number of para-hydroxylation sites is 1. The minimum Gasteiger partial charge on any atom is -0.481 e. The first-order valence-electron chi connectivity index (χ1n) is 6.33. The highest BCUT2D eigenvalue weighted by molar-refractivity contribution is 5.76. The Morgan fingerprint density at radius 1 is 1.33 bits per heavy atom. The molecule has 0 amide bonds.